The molecule has 5 nitrogen and oxygen atoms in total. The van der Waals surface area contributed by atoms with E-state index in [1.54, 1.807) is 0 Å². The molecule has 234 valence electrons. The minimum atomic E-state index is 0.635. The van der Waals surface area contributed by atoms with Crippen LogP contribution in [0.15, 0.2) is 176 Å². The highest BCUT2D eigenvalue weighted by atomic mass is 15.0. The smallest absolute Gasteiger partial charge is 0.164 e. The van der Waals surface area contributed by atoms with Crippen LogP contribution in [0.3, 0.4) is 0 Å². The minimum absolute atomic E-state index is 0.635. The third-order valence-electron chi connectivity index (χ3n) is 9.55. The molecule has 3 aromatic heterocycles. The van der Waals surface area contributed by atoms with E-state index >= 15 is 0 Å². The molecular weight excluding hydrogens is 611 g/mol. The fourth-order valence-electron chi connectivity index (χ4n) is 7.35. The molecule has 5 heteroatoms. The van der Waals surface area contributed by atoms with E-state index in [2.05, 4.69) is 124 Å². The third kappa shape index (κ3) is 4.45. The van der Waals surface area contributed by atoms with E-state index < -0.39 is 0 Å². The SMILES string of the molecule is c1ccc(-c2nc(-c3ccccc3)nc(-c3ccc4c5c6c7ccccc7n(-c7ccccc7)c6ccc5n(-c5ccccc5)c4c3)n2)cc1. The lowest BCUT2D eigenvalue weighted by atomic mass is 10.0. The van der Waals surface area contributed by atoms with Gasteiger partial charge < -0.3 is 9.13 Å². The zero-order valence-electron chi connectivity index (χ0n) is 27.0. The Hall–Kier alpha value is -6.85. The van der Waals surface area contributed by atoms with Crippen LogP contribution in [0.5, 0.6) is 0 Å². The predicted molar refractivity (Wildman–Crippen MR) is 205 cm³/mol. The van der Waals surface area contributed by atoms with Crippen molar-refractivity contribution in [1.82, 2.24) is 24.1 Å². The zero-order chi connectivity index (χ0) is 33.0. The number of hydrogen-bond acceptors (Lipinski definition) is 3. The van der Waals surface area contributed by atoms with Crippen LogP contribution in [-0.4, -0.2) is 24.1 Å². The molecule has 0 aliphatic rings. The fraction of sp³-hybridized carbons (Fsp3) is 0. The Morgan fingerprint density at radius 3 is 1.26 bits per heavy atom. The van der Waals surface area contributed by atoms with Crippen LogP contribution in [0, 0.1) is 0 Å². The molecule has 0 aliphatic heterocycles. The second kappa shape index (κ2) is 11.4. The van der Waals surface area contributed by atoms with Crippen LogP contribution in [-0.2, 0) is 0 Å². The number of nitrogens with zero attached hydrogens (tertiary/aromatic N) is 5. The molecule has 0 fully saturated rings. The number of hydrogen-bond donors (Lipinski definition) is 0. The van der Waals surface area contributed by atoms with E-state index in [1.807, 2.05) is 60.7 Å². The van der Waals surface area contributed by atoms with Gasteiger partial charge in [-0.25, -0.2) is 15.0 Å². The number of aromatic nitrogens is 5. The van der Waals surface area contributed by atoms with Gasteiger partial charge in [-0.2, -0.15) is 0 Å². The molecule has 10 rings (SSSR count). The summed E-state index contributed by atoms with van der Waals surface area (Å²) in [6.07, 6.45) is 0. The van der Waals surface area contributed by atoms with Crippen LogP contribution in [0.4, 0.5) is 0 Å². The standard InChI is InChI=1S/C45H29N5/c1-5-15-30(16-6-1)43-46-44(31-17-7-2-8-18-31)48-45(47-43)32-25-26-36-40(29-32)50(34-21-11-4-12-22-34)39-28-27-38-41(42(36)39)35-23-13-14-24-37(35)49(38)33-19-9-3-10-20-33/h1-29H. The number of rotatable bonds is 5. The van der Waals surface area contributed by atoms with Crippen molar-refractivity contribution in [3.05, 3.63) is 176 Å². The van der Waals surface area contributed by atoms with Gasteiger partial charge in [0.25, 0.3) is 0 Å². The molecule has 3 heterocycles. The Kier molecular flexibility index (Phi) is 6.42. The van der Waals surface area contributed by atoms with Gasteiger partial charge in [0.2, 0.25) is 0 Å². The van der Waals surface area contributed by atoms with Gasteiger partial charge in [-0.15, -0.1) is 0 Å². The summed E-state index contributed by atoms with van der Waals surface area (Å²) in [6.45, 7) is 0. The topological polar surface area (TPSA) is 48.5 Å². The summed E-state index contributed by atoms with van der Waals surface area (Å²) >= 11 is 0. The summed E-state index contributed by atoms with van der Waals surface area (Å²) in [7, 11) is 0. The van der Waals surface area contributed by atoms with Crippen molar-refractivity contribution in [3.63, 3.8) is 0 Å². The van der Waals surface area contributed by atoms with Crippen molar-refractivity contribution in [1.29, 1.82) is 0 Å². The number of para-hydroxylation sites is 3. The van der Waals surface area contributed by atoms with E-state index in [9.17, 15) is 0 Å². The molecule has 0 radical (unpaired) electrons. The van der Waals surface area contributed by atoms with Crippen molar-refractivity contribution in [2.24, 2.45) is 0 Å². The van der Waals surface area contributed by atoms with E-state index in [0.717, 1.165) is 39.1 Å². The van der Waals surface area contributed by atoms with Crippen molar-refractivity contribution in [2.45, 2.75) is 0 Å². The van der Waals surface area contributed by atoms with E-state index in [1.165, 1.54) is 32.6 Å². The lowest BCUT2D eigenvalue weighted by molar-refractivity contribution is 1.07. The first kappa shape index (κ1) is 28.2. The van der Waals surface area contributed by atoms with Gasteiger partial charge in [0, 0.05) is 49.6 Å². The molecule has 0 saturated heterocycles. The van der Waals surface area contributed by atoms with Crippen LogP contribution in [0.1, 0.15) is 0 Å². The molecule has 0 spiro atoms. The number of fused-ring (bicyclic) bond motifs is 7. The van der Waals surface area contributed by atoms with Gasteiger partial charge in [-0.3, -0.25) is 0 Å². The summed E-state index contributed by atoms with van der Waals surface area (Å²) in [4.78, 5) is 15.0. The summed E-state index contributed by atoms with van der Waals surface area (Å²) in [5, 5.41) is 4.87. The quantitative estimate of drug-likeness (QED) is 0.188. The van der Waals surface area contributed by atoms with Gasteiger partial charge >= 0.3 is 0 Å². The lowest BCUT2D eigenvalue weighted by Crippen LogP contribution is -2.00. The maximum Gasteiger partial charge on any atom is 0.164 e. The second-order valence-electron chi connectivity index (χ2n) is 12.5. The Morgan fingerprint density at radius 1 is 0.300 bits per heavy atom. The summed E-state index contributed by atoms with van der Waals surface area (Å²) in [5.74, 6) is 1.93. The van der Waals surface area contributed by atoms with Crippen LogP contribution >= 0.6 is 0 Å². The molecule has 0 N–H and O–H groups in total. The Labute approximate surface area is 288 Å². The van der Waals surface area contributed by atoms with E-state index in [0.29, 0.717) is 17.5 Å². The number of benzene rings is 7. The van der Waals surface area contributed by atoms with Crippen LogP contribution < -0.4 is 0 Å². The van der Waals surface area contributed by atoms with Crippen molar-refractivity contribution in [3.8, 4) is 45.5 Å². The van der Waals surface area contributed by atoms with Gasteiger partial charge in [0.15, 0.2) is 17.5 Å². The zero-order valence-corrected chi connectivity index (χ0v) is 27.0. The Balaban J connectivity index is 1.29. The highest BCUT2D eigenvalue weighted by Gasteiger charge is 2.21. The van der Waals surface area contributed by atoms with Crippen molar-refractivity contribution in [2.75, 3.05) is 0 Å². The summed E-state index contributed by atoms with van der Waals surface area (Å²) < 4.78 is 4.75. The summed E-state index contributed by atoms with van der Waals surface area (Å²) in [5.41, 5.74) is 9.68. The highest BCUT2D eigenvalue weighted by Crippen LogP contribution is 2.43. The van der Waals surface area contributed by atoms with Crippen LogP contribution in [0.2, 0.25) is 0 Å². The van der Waals surface area contributed by atoms with E-state index in [-0.39, 0.29) is 0 Å². The molecule has 0 atom stereocenters. The third-order valence-corrected chi connectivity index (χ3v) is 9.55. The van der Waals surface area contributed by atoms with Crippen molar-refractivity contribution >= 4 is 43.6 Å². The van der Waals surface area contributed by atoms with Crippen molar-refractivity contribution < 1.29 is 0 Å². The average molecular weight is 640 g/mol. The predicted octanol–water partition coefficient (Wildman–Crippen LogP) is 11.1. The molecule has 0 bridgehead atoms. The second-order valence-corrected chi connectivity index (χ2v) is 12.5. The first-order valence-electron chi connectivity index (χ1n) is 16.8. The Morgan fingerprint density at radius 2 is 0.720 bits per heavy atom. The normalized spacial score (nSPS) is 11.6. The molecular formula is C45H29N5. The first-order valence-corrected chi connectivity index (χ1v) is 16.8. The molecule has 0 saturated carbocycles. The molecule has 10 aromatic rings. The average Bonchev–Trinajstić information content (AvgIpc) is 3.71. The first-order chi connectivity index (χ1) is 24.8. The maximum atomic E-state index is 5.06. The lowest BCUT2D eigenvalue weighted by Gasteiger charge is -2.10. The van der Waals surface area contributed by atoms with Gasteiger partial charge in [0.05, 0.1) is 22.1 Å². The van der Waals surface area contributed by atoms with Crippen LogP contribution in [0.25, 0.3) is 89.2 Å². The van der Waals surface area contributed by atoms with Gasteiger partial charge in [0.1, 0.15) is 0 Å². The fourth-order valence-corrected chi connectivity index (χ4v) is 7.35. The highest BCUT2D eigenvalue weighted by molar-refractivity contribution is 6.29. The Bertz CT molecular complexity index is 2780. The summed E-state index contributed by atoms with van der Waals surface area (Å²) in [6, 6.07) is 61.4. The molecule has 0 aliphatic carbocycles. The van der Waals surface area contributed by atoms with Gasteiger partial charge in [-0.05, 0) is 48.5 Å². The molecule has 50 heavy (non-hydrogen) atoms. The molecule has 0 amide bonds. The minimum Gasteiger partial charge on any atom is -0.309 e. The maximum absolute atomic E-state index is 5.06. The monoisotopic (exact) mass is 639 g/mol. The molecule has 7 aromatic carbocycles. The van der Waals surface area contributed by atoms with E-state index in [4.69, 9.17) is 15.0 Å². The van der Waals surface area contributed by atoms with Gasteiger partial charge in [-0.1, -0.05) is 127 Å². The largest absolute Gasteiger partial charge is 0.309 e. The molecule has 0 unspecified atom stereocenters.